The van der Waals surface area contributed by atoms with E-state index in [1.807, 2.05) is 37.3 Å². The lowest BCUT2D eigenvalue weighted by Crippen LogP contribution is -2.27. The van der Waals surface area contributed by atoms with Crippen LogP contribution in [-0.4, -0.2) is 17.9 Å². The van der Waals surface area contributed by atoms with E-state index >= 15 is 0 Å². The summed E-state index contributed by atoms with van der Waals surface area (Å²) in [6.45, 7) is 2.47. The number of anilines is 1. The monoisotopic (exact) mass is 387 g/mol. The van der Waals surface area contributed by atoms with Crippen LogP contribution < -0.4 is 16.4 Å². The Morgan fingerprint density at radius 3 is 2.44 bits per heavy atom. The van der Waals surface area contributed by atoms with Gasteiger partial charge in [0.1, 0.15) is 0 Å². The zero-order chi connectivity index (χ0) is 18.5. The minimum atomic E-state index is -0.204. The van der Waals surface area contributed by atoms with Crippen molar-refractivity contribution in [2.75, 3.05) is 5.32 Å². The van der Waals surface area contributed by atoms with E-state index in [1.54, 1.807) is 18.2 Å². The van der Waals surface area contributed by atoms with E-state index in [-0.39, 0.29) is 36.2 Å². The van der Waals surface area contributed by atoms with Crippen molar-refractivity contribution in [2.24, 2.45) is 11.7 Å². The lowest BCUT2D eigenvalue weighted by Gasteiger charge is -2.14. The highest BCUT2D eigenvalue weighted by molar-refractivity contribution is 6.04. The van der Waals surface area contributed by atoms with Gasteiger partial charge in [-0.3, -0.25) is 9.59 Å². The van der Waals surface area contributed by atoms with Crippen molar-refractivity contribution in [3.63, 3.8) is 0 Å². The topological polar surface area (TPSA) is 84.2 Å². The van der Waals surface area contributed by atoms with E-state index in [1.165, 1.54) is 5.56 Å². The number of amides is 2. The lowest BCUT2D eigenvalue weighted by atomic mass is 10.1. The molecular formula is C21H26ClN3O2. The number of rotatable bonds is 5. The van der Waals surface area contributed by atoms with Crippen LogP contribution in [0.15, 0.2) is 48.5 Å². The molecule has 1 saturated carbocycles. The van der Waals surface area contributed by atoms with Gasteiger partial charge in [0.05, 0.1) is 11.3 Å². The van der Waals surface area contributed by atoms with Crippen LogP contribution in [0.25, 0.3) is 0 Å². The Kier molecular flexibility index (Phi) is 7.39. The lowest BCUT2D eigenvalue weighted by molar-refractivity contribution is -0.119. The molecule has 0 bridgehead atoms. The second kappa shape index (κ2) is 9.53. The van der Waals surface area contributed by atoms with Crippen LogP contribution in [0.4, 0.5) is 5.69 Å². The van der Waals surface area contributed by atoms with Gasteiger partial charge in [-0.1, -0.05) is 42.0 Å². The predicted molar refractivity (Wildman–Crippen MR) is 110 cm³/mol. The maximum absolute atomic E-state index is 12.6. The van der Waals surface area contributed by atoms with E-state index in [4.69, 9.17) is 5.73 Å². The summed E-state index contributed by atoms with van der Waals surface area (Å²) >= 11 is 0. The molecule has 2 amide bonds. The maximum Gasteiger partial charge on any atom is 0.253 e. The smallest absolute Gasteiger partial charge is 0.253 e. The number of para-hydroxylation sites is 1. The van der Waals surface area contributed by atoms with Gasteiger partial charge in [0.15, 0.2) is 0 Å². The van der Waals surface area contributed by atoms with Crippen molar-refractivity contribution < 1.29 is 9.59 Å². The van der Waals surface area contributed by atoms with Crippen LogP contribution in [0, 0.1) is 12.8 Å². The summed E-state index contributed by atoms with van der Waals surface area (Å²) in [7, 11) is 0. The molecular weight excluding hydrogens is 362 g/mol. The Balaban J connectivity index is 0.00000261. The molecule has 0 aromatic heterocycles. The number of benzene rings is 2. The third-order valence-corrected chi connectivity index (χ3v) is 4.85. The van der Waals surface area contributed by atoms with Gasteiger partial charge in [0, 0.05) is 18.5 Å². The first-order chi connectivity index (χ1) is 12.5. The molecule has 2 unspecified atom stereocenters. The largest absolute Gasteiger partial charge is 0.348 e. The number of halogens is 1. The van der Waals surface area contributed by atoms with Crippen LogP contribution >= 0.6 is 12.4 Å². The standard InChI is InChI=1S/C21H25N3O2.ClH/c1-14-6-8-15(9-7-14)13-23-21(26)18-4-2-3-5-19(18)24-20(25)16-10-11-17(22)12-16;/h2-9,16-17H,10-13,22H2,1H3,(H,23,26)(H,24,25);1H. The van der Waals surface area contributed by atoms with E-state index < -0.39 is 0 Å². The molecule has 2 atom stereocenters. The fourth-order valence-electron chi connectivity index (χ4n) is 3.26. The highest BCUT2D eigenvalue weighted by Gasteiger charge is 2.28. The minimum Gasteiger partial charge on any atom is -0.348 e. The van der Waals surface area contributed by atoms with Crippen molar-refractivity contribution in [3.8, 4) is 0 Å². The summed E-state index contributed by atoms with van der Waals surface area (Å²) in [4.78, 5) is 25.0. The summed E-state index contributed by atoms with van der Waals surface area (Å²) in [5.74, 6) is -0.338. The van der Waals surface area contributed by atoms with Gasteiger partial charge in [0.25, 0.3) is 5.91 Å². The van der Waals surface area contributed by atoms with E-state index in [0.717, 1.165) is 18.4 Å². The Labute approximate surface area is 166 Å². The van der Waals surface area contributed by atoms with Gasteiger partial charge in [-0.25, -0.2) is 0 Å². The Bertz CT molecular complexity index is 792. The summed E-state index contributed by atoms with van der Waals surface area (Å²) in [6.07, 6.45) is 2.37. The van der Waals surface area contributed by atoms with Crippen LogP contribution in [0.2, 0.25) is 0 Å². The highest BCUT2D eigenvalue weighted by atomic mass is 35.5. The average Bonchev–Trinajstić information content (AvgIpc) is 3.08. The number of aryl methyl sites for hydroxylation is 1. The first kappa shape index (κ1) is 20.9. The number of nitrogens with one attached hydrogen (secondary N) is 2. The minimum absolute atomic E-state index is 0. The quantitative estimate of drug-likeness (QED) is 0.735. The predicted octanol–water partition coefficient (Wildman–Crippen LogP) is 3.41. The number of hydrogen-bond donors (Lipinski definition) is 3. The third kappa shape index (κ3) is 5.55. The molecule has 1 fully saturated rings. The average molecular weight is 388 g/mol. The third-order valence-electron chi connectivity index (χ3n) is 4.85. The van der Waals surface area contributed by atoms with Gasteiger partial charge >= 0.3 is 0 Å². The van der Waals surface area contributed by atoms with Crippen molar-refractivity contribution in [1.29, 1.82) is 0 Å². The molecule has 0 aliphatic heterocycles. The fourth-order valence-corrected chi connectivity index (χ4v) is 3.26. The normalized spacial score (nSPS) is 18.4. The van der Waals surface area contributed by atoms with Crippen LogP contribution in [0.3, 0.4) is 0 Å². The molecule has 4 N–H and O–H groups in total. The molecule has 2 aromatic rings. The summed E-state index contributed by atoms with van der Waals surface area (Å²) < 4.78 is 0. The van der Waals surface area contributed by atoms with Crippen molar-refractivity contribution in [3.05, 3.63) is 65.2 Å². The Hall–Kier alpha value is -2.37. The fraction of sp³-hybridized carbons (Fsp3) is 0.333. The van der Waals surface area contributed by atoms with Crippen molar-refractivity contribution >= 4 is 29.9 Å². The molecule has 6 heteroatoms. The number of hydrogen-bond acceptors (Lipinski definition) is 3. The van der Waals surface area contributed by atoms with Crippen LogP contribution in [0.1, 0.15) is 40.7 Å². The number of nitrogens with two attached hydrogens (primary N) is 1. The first-order valence-electron chi connectivity index (χ1n) is 9.02. The van der Waals surface area contributed by atoms with Crippen molar-refractivity contribution in [2.45, 2.75) is 38.8 Å². The SMILES string of the molecule is Cc1ccc(CNC(=O)c2ccccc2NC(=O)C2CCC(N)C2)cc1.Cl. The van der Waals surface area contributed by atoms with Crippen molar-refractivity contribution in [1.82, 2.24) is 5.32 Å². The van der Waals surface area contributed by atoms with Gasteiger partial charge in [0.2, 0.25) is 5.91 Å². The molecule has 0 heterocycles. The molecule has 0 radical (unpaired) electrons. The Morgan fingerprint density at radius 2 is 1.78 bits per heavy atom. The van der Waals surface area contributed by atoms with E-state index in [9.17, 15) is 9.59 Å². The zero-order valence-electron chi connectivity index (χ0n) is 15.4. The summed E-state index contributed by atoms with van der Waals surface area (Å²) in [5.41, 5.74) is 9.12. The van der Waals surface area contributed by atoms with Gasteiger partial charge in [-0.05, 0) is 43.9 Å². The zero-order valence-corrected chi connectivity index (χ0v) is 16.2. The molecule has 5 nitrogen and oxygen atoms in total. The summed E-state index contributed by atoms with van der Waals surface area (Å²) in [5, 5.41) is 5.82. The summed E-state index contributed by atoms with van der Waals surface area (Å²) in [6, 6.07) is 15.2. The number of carbonyl (C=O) groups is 2. The molecule has 0 spiro atoms. The van der Waals surface area contributed by atoms with Gasteiger partial charge < -0.3 is 16.4 Å². The van der Waals surface area contributed by atoms with E-state index in [0.29, 0.717) is 24.2 Å². The maximum atomic E-state index is 12.6. The van der Waals surface area contributed by atoms with E-state index in [2.05, 4.69) is 10.6 Å². The molecule has 1 aliphatic carbocycles. The van der Waals surface area contributed by atoms with Gasteiger partial charge in [-0.2, -0.15) is 0 Å². The number of carbonyl (C=O) groups excluding carboxylic acids is 2. The molecule has 3 rings (SSSR count). The highest BCUT2D eigenvalue weighted by Crippen LogP contribution is 2.26. The first-order valence-corrected chi connectivity index (χ1v) is 9.02. The van der Waals surface area contributed by atoms with Crippen LogP contribution in [-0.2, 0) is 11.3 Å². The Morgan fingerprint density at radius 1 is 1.07 bits per heavy atom. The van der Waals surface area contributed by atoms with Gasteiger partial charge in [-0.15, -0.1) is 12.4 Å². The molecule has 27 heavy (non-hydrogen) atoms. The van der Waals surface area contributed by atoms with Crippen LogP contribution in [0.5, 0.6) is 0 Å². The second-order valence-corrected chi connectivity index (χ2v) is 6.97. The molecule has 144 valence electrons. The molecule has 1 aliphatic rings. The second-order valence-electron chi connectivity index (χ2n) is 6.97. The molecule has 2 aromatic carbocycles. The molecule has 0 saturated heterocycles.